The van der Waals surface area contributed by atoms with Gasteiger partial charge in [0.1, 0.15) is 5.82 Å². The first-order valence-corrected chi connectivity index (χ1v) is 5.74. The Morgan fingerprint density at radius 2 is 2.29 bits per heavy atom. The Balaban J connectivity index is 2.49. The standard InChI is InChI=1S/C13H16FN3/c1-3-16-10(2)11-5-4-6-12(14)13(11)17-8-7-15-9-17/h4-10,16H,3H2,1-2H3. The molecule has 1 N–H and O–H groups in total. The van der Waals surface area contributed by atoms with Crippen LogP contribution in [0.4, 0.5) is 4.39 Å². The summed E-state index contributed by atoms with van der Waals surface area (Å²) in [5.41, 5.74) is 1.50. The van der Waals surface area contributed by atoms with Gasteiger partial charge in [0, 0.05) is 18.4 Å². The molecule has 4 heteroatoms. The lowest BCUT2D eigenvalue weighted by Crippen LogP contribution is -2.19. The molecule has 0 bridgehead atoms. The predicted octanol–water partition coefficient (Wildman–Crippen LogP) is 2.68. The first kappa shape index (κ1) is 11.8. The van der Waals surface area contributed by atoms with Gasteiger partial charge in [0.2, 0.25) is 0 Å². The van der Waals surface area contributed by atoms with E-state index in [2.05, 4.69) is 10.3 Å². The number of halogens is 1. The summed E-state index contributed by atoms with van der Waals surface area (Å²) < 4.78 is 15.6. The number of hydrogen-bond acceptors (Lipinski definition) is 2. The van der Waals surface area contributed by atoms with Crippen molar-refractivity contribution in [2.45, 2.75) is 19.9 Å². The number of rotatable bonds is 4. The molecule has 0 fully saturated rings. The van der Waals surface area contributed by atoms with Crippen molar-refractivity contribution in [3.05, 3.63) is 48.3 Å². The van der Waals surface area contributed by atoms with Crippen LogP contribution in [0.25, 0.3) is 5.69 Å². The Morgan fingerprint density at radius 3 is 2.94 bits per heavy atom. The Kier molecular flexibility index (Phi) is 3.54. The quantitative estimate of drug-likeness (QED) is 0.880. The molecule has 1 heterocycles. The number of para-hydroxylation sites is 1. The second-order valence-electron chi connectivity index (χ2n) is 3.93. The molecule has 1 aromatic heterocycles. The van der Waals surface area contributed by atoms with E-state index in [9.17, 15) is 4.39 Å². The minimum absolute atomic E-state index is 0.105. The van der Waals surface area contributed by atoms with E-state index in [-0.39, 0.29) is 11.9 Å². The SMILES string of the molecule is CCNC(C)c1cccc(F)c1-n1ccnc1. The first-order chi connectivity index (χ1) is 8.24. The van der Waals surface area contributed by atoms with Crippen molar-refractivity contribution in [2.24, 2.45) is 0 Å². The highest BCUT2D eigenvalue weighted by Crippen LogP contribution is 2.24. The number of nitrogens with one attached hydrogen (secondary N) is 1. The topological polar surface area (TPSA) is 29.9 Å². The number of hydrogen-bond donors (Lipinski definition) is 1. The molecule has 0 spiro atoms. The van der Waals surface area contributed by atoms with Gasteiger partial charge in [-0.15, -0.1) is 0 Å². The van der Waals surface area contributed by atoms with Crippen molar-refractivity contribution < 1.29 is 4.39 Å². The van der Waals surface area contributed by atoms with E-state index in [1.54, 1.807) is 29.4 Å². The van der Waals surface area contributed by atoms with Gasteiger partial charge >= 0.3 is 0 Å². The molecule has 1 atom stereocenters. The molecule has 0 saturated heterocycles. The maximum absolute atomic E-state index is 13.9. The summed E-state index contributed by atoms with van der Waals surface area (Å²) in [6.07, 6.45) is 5.01. The highest BCUT2D eigenvalue weighted by atomic mass is 19.1. The summed E-state index contributed by atoms with van der Waals surface area (Å²) in [6.45, 7) is 4.91. The van der Waals surface area contributed by atoms with Gasteiger partial charge in [-0.3, -0.25) is 0 Å². The van der Waals surface area contributed by atoms with E-state index >= 15 is 0 Å². The lowest BCUT2D eigenvalue weighted by Gasteiger charge is -2.18. The lowest BCUT2D eigenvalue weighted by atomic mass is 10.1. The van der Waals surface area contributed by atoms with Crippen LogP contribution in [0.5, 0.6) is 0 Å². The van der Waals surface area contributed by atoms with Crippen molar-refractivity contribution in [1.29, 1.82) is 0 Å². The largest absolute Gasteiger partial charge is 0.310 e. The molecule has 90 valence electrons. The van der Waals surface area contributed by atoms with Crippen LogP contribution in [0, 0.1) is 5.82 Å². The molecule has 17 heavy (non-hydrogen) atoms. The van der Waals surface area contributed by atoms with Gasteiger partial charge in [-0.25, -0.2) is 9.37 Å². The zero-order valence-corrected chi connectivity index (χ0v) is 10.0. The summed E-state index contributed by atoms with van der Waals surface area (Å²) in [4.78, 5) is 3.96. The lowest BCUT2D eigenvalue weighted by molar-refractivity contribution is 0.575. The zero-order valence-electron chi connectivity index (χ0n) is 10.0. The Bertz CT molecular complexity index is 479. The molecule has 3 nitrogen and oxygen atoms in total. The van der Waals surface area contributed by atoms with E-state index < -0.39 is 0 Å². The molecule has 1 aromatic carbocycles. The van der Waals surface area contributed by atoms with Crippen LogP contribution < -0.4 is 5.32 Å². The van der Waals surface area contributed by atoms with Gasteiger partial charge in [0.25, 0.3) is 0 Å². The molecular formula is C13H16FN3. The third kappa shape index (κ3) is 2.36. The van der Waals surface area contributed by atoms with Crippen LogP contribution in [-0.4, -0.2) is 16.1 Å². The van der Waals surface area contributed by atoms with Gasteiger partial charge in [0.05, 0.1) is 12.0 Å². The maximum Gasteiger partial charge on any atom is 0.147 e. The van der Waals surface area contributed by atoms with Crippen molar-refractivity contribution >= 4 is 0 Å². The molecule has 0 amide bonds. The molecule has 0 radical (unpaired) electrons. The summed E-state index contributed by atoms with van der Waals surface area (Å²) in [5, 5.41) is 3.29. The van der Waals surface area contributed by atoms with Crippen molar-refractivity contribution in [2.75, 3.05) is 6.54 Å². The fourth-order valence-corrected chi connectivity index (χ4v) is 1.96. The average molecular weight is 233 g/mol. The number of imidazole rings is 1. The third-order valence-corrected chi connectivity index (χ3v) is 2.76. The van der Waals surface area contributed by atoms with E-state index in [1.165, 1.54) is 6.07 Å². The van der Waals surface area contributed by atoms with Crippen molar-refractivity contribution in [3.63, 3.8) is 0 Å². The van der Waals surface area contributed by atoms with Crippen LogP contribution >= 0.6 is 0 Å². The average Bonchev–Trinajstić information content (AvgIpc) is 2.82. The molecule has 2 rings (SSSR count). The Hall–Kier alpha value is -1.68. The number of benzene rings is 1. The second-order valence-corrected chi connectivity index (χ2v) is 3.93. The van der Waals surface area contributed by atoms with Gasteiger partial charge in [-0.05, 0) is 25.1 Å². The fourth-order valence-electron chi connectivity index (χ4n) is 1.96. The minimum Gasteiger partial charge on any atom is -0.310 e. The van der Waals surface area contributed by atoms with E-state index in [4.69, 9.17) is 0 Å². The van der Waals surface area contributed by atoms with E-state index in [0.29, 0.717) is 5.69 Å². The Morgan fingerprint density at radius 1 is 1.47 bits per heavy atom. The molecule has 0 saturated carbocycles. The molecule has 0 aliphatic carbocycles. The summed E-state index contributed by atoms with van der Waals surface area (Å²) in [6, 6.07) is 5.25. The smallest absolute Gasteiger partial charge is 0.147 e. The van der Waals surface area contributed by atoms with Gasteiger partial charge in [-0.2, -0.15) is 0 Å². The van der Waals surface area contributed by atoms with E-state index in [1.807, 2.05) is 19.9 Å². The molecule has 1 unspecified atom stereocenters. The monoisotopic (exact) mass is 233 g/mol. The molecule has 2 aromatic rings. The second kappa shape index (κ2) is 5.10. The molecule has 0 aliphatic heterocycles. The van der Waals surface area contributed by atoms with Crippen LogP contribution in [0.15, 0.2) is 36.9 Å². The van der Waals surface area contributed by atoms with Gasteiger partial charge < -0.3 is 9.88 Å². The van der Waals surface area contributed by atoms with Gasteiger partial charge in [0.15, 0.2) is 0 Å². The molecule has 0 aliphatic rings. The third-order valence-electron chi connectivity index (χ3n) is 2.76. The van der Waals surface area contributed by atoms with Crippen molar-refractivity contribution in [1.82, 2.24) is 14.9 Å². The summed E-state index contributed by atoms with van der Waals surface area (Å²) >= 11 is 0. The minimum atomic E-state index is -0.231. The normalized spacial score (nSPS) is 12.6. The summed E-state index contributed by atoms with van der Waals surface area (Å²) in [5.74, 6) is -0.231. The molecular weight excluding hydrogens is 217 g/mol. The van der Waals surface area contributed by atoms with Crippen molar-refractivity contribution in [3.8, 4) is 5.69 Å². The first-order valence-electron chi connectivity index (χ1n) is 5.74. The fraction of sp³-hybridized carbons (Fsp3) is 0.308. The number of nitrogens with zero attached hydrogens (tertiary/aromatic N) is 2. The predicted molar refractivity (Wildman–Crippen MR) is 65.6 cm³/mol. The van der Waals surface area contributed by atoms with Crippen LogP contribution in [-0.2, 0) is 0 Å². The van der Waals surface area contributed by atoms with Crippen LogP contribution in [0.2, 0.25) is 0 Å². The van der Waals surface area contributed by atoms with E-state index in [0.717, 1.165) is 12.1 Å². The highest BCUT2D eigenvalue weighted by molar-refractivity contribution is 5.44. The highest BCUT2D eigenvalue weighted by Gasteiger charge is 2.14. The number of aromatic nitrogens is 2. The van der Waals surface area contributed by atoms with Crippen LogP contribution in [0.3, 0.4) is 0 Å². The Labute approximate surface area is 100 Å². The maximum atomic E-state index is 13.9. The zero-order chi connectivity index (χ0) is 12.3. The van der Waals surface area contributed by atoms with Gasteiger partial charge in [-0.1, -0.05) is 19.1 Å². The summed E-state index contributed by atoms with van der Waals surface area (Å²) in [7, 11) is 0. The van der Waals surface area contributed by atoms with Crippen LogP contribution in [0.1, 0.15) is 25.5 Å².